The van der Waals surface area contributed by atoms with Gasteiger partial charge in [-0.2, -0.15) is 0 Å². The molecule has 1 rings (SSSR count). The smallest absolute Gasteiger partial charge is 0.253 e. The van der Waals surface area contributed by atoms with Crippen LogP contribution in [0.1, 0.15) is 16.7 Å². The number of hydrazine groups is 1. The summed E-state index contributed by atoms with van der Waals surface area (Å²) in [6.07, 6.45) is 0.515. The lowest BCUT2D eigenvalue weighted by Gasteiger charge is -2.16. The van der Waals surface area contributed by atoms with Gasteiger partial charge in [0.15, 0.2) is 0 Å². The number of hydrogen-bond donors (Lipinski definition) is 2. The molecule has 1 atom stereocenters. The van der Waals surface area contributed by atoms with Crippen molar-refractivity contribution in [2.24, 2.45) is 11.6 Å². The minimum absolute atomic E-state index is 0.252. The zero-order valence-corrected chi connectivity index (χ0v) is 10.0. The molecule has 0 aliphatic carbocycles. The topological polar surface area (TPSA) is 72.4 Å². The van der Waals surface area contributed by atoms with Crippen molar-refractivity contribution in [2.75, 3.05) is 7.05 Å². The molecule has 0 radical (unpaired) electrons. The van der Waals surface area contributed by atoms with Crippen LogP contribution in [0.15, 0.2) is 18.2 Å². The fourth-order valence-corrected chi connectivity index (χ4v) is 1.53. The Morgan fingerprint density at radius 2 is 2.00 bits per heavy atom. The Labute approximate surface area is 96.2 Å². The first-order chi connectivity index (χ1) is 7.41. The number of nitrogens with zero attached hydrogens (tertiary/aromatic N) is 1. The zero-order chi connectivity index (χ0) is 12.3. The Bertz CT molecular complexity index is 388. The molecule has 0 fully saturated rings. The van der Waals surface area contributed by atoms with Crippen molar-refractivity contribution < 1.29 is 4.79 Å². The van der Waals surface area contributed by atoms with E-state index in [1.54, 1.807) is 0 Å². The van der Waals surface area contributed by atoms with E-state index in [2.05, 4.69) is 13.0 Å². The van der Waals surface area contributed by atoms with Gasteiger partial charge in [-0.05, 0) is 37.0 Å². The SMILES string of the molecule is Cc1ccc(CC(N)C(=O)N(C)N)cc1C. The lowest BCUT2D eigenvalue weighted by atomic mass is 10.0. The number of amides is 1. The summed E-state index contributed by atoms with van der Waals surface area (Å²) in [6, 6.07) is 5.51. The molecule has 4 nitrogen and oxygen atoms in total. The summed E-state index contributed by atoms with van der Waals surface area (Å²) in [5, 5.41) is 1.03. The Balaban J connectivity index is 2.73. The predicted molar refractivity (Wildman–Crippen MR) is 64.6 cm³/mol. The second-order valence-electron chi connectivity index (χ2n) is 4.18. The molecule has 0 heterocycles. The molecule has 0 saturated heterocycles. The molecule has 1 aromatic rings. The first kappa shape index (κ1) is 12.7. The molecule has 4 heteroatoms. The van der Waals surface area contributed by atoms with E-state index in [0.29, 0.717) is 6.42 Å². The van der Waals surface area contributed by atoms with Crippen LogP contribution >= 0.6 is 0 Å². The van der Waals surface area contributed by atoms with Gasteiger partial charge < -0.3 is 5.73 Å². The van der Waals surface area contributed by atoms with E-state index >= 15 is 0 Å². The molecule has 1 amide bonds. The molecule has 0 spiro atoms. The molecular formula is C12H19N3O. The summed E-state index contributed by atoms with van der Waals surface area (Å²) in [5.41, 5.74) is 9.27. The van der Waals surface area contributed by atoms with Crippen LogP contribution in [0.5, 0.6) is 0 Å². The average molecular weight is 221 g/mol. The highest BCUT2D eigenvalue weighted by atomic mass is 16.2. The Kier molecular flexibility index (Phi) is 4.04. The van der Waals surface area contributed by atoms with E-state index in [9.17, 15) is 4.79 Å². The van der Waals surface area contributed by atoms with Gasteiger partial charge in [0.25, 0.3) is 5.91 Å². The molecule has 0 aromatic heterocycles. The minimum Gasteiger partial charge on any atom is -0.320 e. The molecule has 1 unspecified atom stereocenters. The van der Waals surface area contributed by atoms with E-state index in [-0.39, 0.29) is 5.91 Å². The normalized spacial score (nSPS) is 12.3. The van der Waals surface area contributed by atoms with Crippen molar-refractivity contribution in [1.29, 1.82) is 0 Å². The molecule has 1 aromatic carbocycles. The fourth-order valence-electron chi connectivity index (χ4n) is 1.53. The summed E-state index contributed by atoms with van der Waals surface area (Å²) in [5.74, 6) is 5.10. The van der Waals surface area contributed by atoms with Gasteiger partial charge in [-0.25, -0.2) is 5.84 Å². The second kappa shape index (κ2) is 5.09. The third kappa shape index (κ3) is 3.05. The first-order valence-corrected chi connectivity index (χ1v) is 5.25. The number of hydrogen-bond acceptors (Lipinski definition) is 3. The lowest BCUT2D eigenvalue weighted by Crippen LogP contribution is -2.46. The van der Waals surface area contributed by atoms with Crippen molar-refractivity contribution in [2.45, 2.75) is 26.3 Å². The minimum atomic E-state index is -0.572. The van der Waals surface area contributed by atoms with Crippen molar-refractivity contribution in [3.05, 3.63) is 34.9 Å². The van der Waals surface area contributed by atoms with Crippen LogP contribution in [0.25, 0.3) is 0 Å². The van der Waals surface area contributed by atoms with Crippen LogP contribution < -0.4 is 11.6 Å². The van der Waals surface area contributed by atoms with E-state index in [0.717, 1.165) is 10.6 Å². The number of nitrogens with two attached hydrogens (primary N) is 2. The lowest BCUT2D eigenvalue weighted by molar-refractivity contribution is -0.131. The molecule has 88 valence electrons. The van der Waals surface area contributed by atoms with E-state index < -0.39 is 6.04 Å². The first-order valence-electron chi connectivity index (χ1n) is 5.25. The van der Waals surface area contributed by atoms with E-state index in [4.69, 9.17) is 11.6 Å². The van der Waals surface area contributed by atoms with Gasteiger partial charge in [-0.1, -0.05) is 18.2 Å². The van der Waals surface area contributed by atoms with Crippen molar-refractivity contribution in [1.82, 2.24) is 5.01 Å². The third-order valence-electron chi connectivity index (χ3n) is 2.69. The van der Waals surface area contributed by atoms with Crippen LogP contribution in [0.2, 0.25) is 0 Å². The fraction of sp³-hybridized carbons (Fsp3) is 0.417. The maximum absolute atomic E-state index is 11.5. The molecule has 4 N–H and O–H groups in total. The van der Waals surface area contributed by atoms with Crippen LogP contribution in [-0.4, -0.2) is 24.0 Å². The van der Waals surface area contributed by atoms with Gasteiger partial charge in [0, 0.05) is 7.05 Å². The third-order valence-corrected chi connectivity index (χ3v) is 2.69. The number of likely N-dealkylation sites (N-methyl/N-ethyl adjacent to an activating group) is 1. The van der Waals surface area contributed by atoms with Gasteiger partial charge in [0.05, 0.1) is 6.04 Å². The molecule has 0 aliphatic heterocycles. The van der Waals surface area contributed by atoms with E-state index in [1.807, 2.05) is 19.1 Å². The average Bonchev–Trinajstić information content (AvgIpc) is 2.22. The predicted octanol–water partition coefficient (Wildman–Crippen LogP) is 0.505. The summed E-state index contributed by atoms with van der Waals surface area (Å²) in [7, 11) is 1.50. The highest BCUT2D eigenvalue weighted by molar-refractivity contribution is 5.81. The molecule has 0 aliphatic rings. The molecule has 0 bridgehead atoms. The summed E-state index contributed by atoms with van der Waals surface area (Å²) >= 11 is 0. The van der Waals surface area contributed by atoms with Crippen molar-refractivity contribution in [3.63, 3.8) is 0 Å². The van der Waals surface area contributed by atoms with Gasteiger partial charge >= 0.3 is 0 Å². The van der Waals surface area contributed by atoms with Crippen LogP contribution in [0.3, 0.4) is 0 Å². The van der Waals surface area contributed by atoms with Gasteiger partial charge in [-0.3, -0.25) is 9.80 Å². The number of rotatable bonds is 3. The van der Waals surface area contributed by atoms with Crippen molar-refractivity contribution in [3.8, 4) is 0 Å². The van der Waals surface area contributed by atoms with Crippen LogP contribution in [-0.2, 0) is 11.2 Å². The number of aryl methyl sites for hydroxylation is 2. The molecule has 0 saturated carbocycles. The monoisotopic (exact) mass is 221 g/mol. The van der Waals surface area contributed by atoms with E-state index in [1.165, 1.54) is 18.2 Å². The summed E-state index contributed by atoms with van der Waals surface area (Å²) in [4.78, 5) is 11.5. The number of carbonyl (C=O) groups excluding carboxylic acids is 1. The largest absolute Gasteiger partial charge is 0.320 e. The quantitative estimate of drug-likeness (QED) is 0.443. The Hall–Kier alpha value is -1.39. The zero-order valence-electron chi connectivity index (χ0n) is 10.0. The maximum atomic E-state index is 11.5. The molecule has 16 heavy (non-hydrogen) atoms. The Morgan fingerprint density at radius 3 is 2.50 bits per heavy atom. The van der Waals surface area contributed by atoms with Crippen LogP contribution in [0, 0.1) is 13.8 Å². The summed E-state index contributed by atoms with van der Waals surface area (Å²) < 4.78 is 0. The van der Waals surface area contributed by atoms with Crippen LogP contribution in [0.4, 0.5) is 0 Å². The van der Waals surface area contributed by atoms with Gasteiger partial charge in [0.1, 0.15) is 0 Å². The summed E-state index contributed by atoms with van der Waals surface area (Å²) in [6.45, 7) is 4.10. The standard InChI is InChI=1S/C12H19N3O/c1-8-4-5-10(6-9(8)2)7-11(13)12(16)15(3)14/h4-6,11H,7,13-14H2,1-3H3. The Morgan fingerprint density at radius 1 is 1.38 bits per heavy atom. The second-order valence-corrected chi connectivity index (χ2v) is 4.18. The number of benzene rings is 1. The molecular weight excluding hydrogens is 202 g/mol. The van der Waals surface area contributed by atoms with Gasteiger partial charge in [0.2, 0.25) is 0 Å². The maximum Gasteiger partial charge on any atom is 0.253 e. The van der Waals surface area contributed by atoms with Gasteiger partial charge in [-0.15, -0.1) is 0 Å². The highest BCUT2D eigenvalue weighted by Crippen LogP contribution is 2.11. The highest BCUT2D eigenvalue weighted by Gasteiger charge is 2.16. The number of carbonyl (C=O) groups is 1. The van der Waals surface area contributed by atoms with Crippen molar-refractivity contribution >= 4 is 5.91 Å².